The van der Waals surface area contributed by atoms with Gasteiger partial charge >= 0.3 is 0 Å². The Labute approximate surface area is 143 Å². The van der Waals surface area contributed by atoms with Gasteiger partial charge in [0.25, 0.3) is 5.91 Å². The molecule has 1 aromatic heterocycles. The molecule has 4 rings (SSSR count). The van der Waals surface area contributed by atoms with Crippen LogP contribution in [0.25, 0.3) is 17.0 Å². The second-order valence-corrected chi connectivity index (χ2v) is 7.05. The lowest BCUT2D eigenvalue weighted by Gasteiger charge is -2.09. The van der Waals surface area contributed by atoms with Crippen molar-refractivity contribution >= 4 is 39.8 Å². The average Bonchev–Trinajstić information content (AvgIpc) is 3.14. The molecule has 2 atom stereocenters. The van der Waals surface area contributed by atoms with Crippen LogP contribution in [0.3, 0.4) is 0 Å². The number of nitrogens with zero attached hydrogens (tertiary/aromatic N) is 2. The molecule has 1 saturated carbocycles. The molecule has 2 aromatic rings. The molecule has 5 nitrogen and oxygen atoms in total. The molecule has 1 amide bonds. The Morgan fingerprint density at radius 1 is 1.33 bits per heavy atom. The fraction of sp³-hybridized carbons (Fsp3) is 0.278. The molecule has 6 heteroatoms. The Kier molecular flexibility index (Phi) is 4.08. The van der Waals surface area contributed by atoms with Gasteiger partial charge in [-0.05, 0) is 60.9 Å². The monoisotopic (exact) mass is 339 g/mol. The summed E-state index contributed by atoms with van der Waals surface area (Å²) in [5.74, 6) is -0.141. The number of aliphatic imine (C=N–C) groups is 1. The minimum absolute atomic E-state index is 0.0982. The van der Waals surface area contributed by atoms with Gasteiger partial charge in [-0.1, -0.05) is 12.1 Å². The Hall–Kier alpha value is -2.18. The number of amidine groups is 1. The third kappa shape index (κ3) is 3.07. The SMILES string of the molecule is O=C1NC(=NC2CCCC2O)S/C1=C\c1ccc2ncccc2c1. The molecule has 2 fully saturated rings. The molecule has 0 spiro atoms. The van der Waals surface area contributed by atoms with Crippen molar-refractivity contribution in [3.63, 3.8) is 0 Å². The van der Waals surface area contributed by atoms with Crippen LogP contribution in [0.4, 0.5) is 0 Å². The van der Waals surface area contributed by atoms with Crippen LogP contribution in [0.15, 0.2) is 46.4 Å². The number of amides is 1. The highest BCUT2D eigenvalue weighted by atomic mass is 32.2. The van der Waals surface area contributed by atoms with Crippen molar-refractivity contribution in [2.75, 3.05) is 0 Å². The first kappa shape index (κ1) is 15.4. The summed E-state index contributed by atoms with van der Waals surface area (Å²) >= 11 is 1.33. The highest BCUT2D eigenvalue weighted by Gasteiger charge is 2.29. The summed E-state index contributed by atoms with van der Waals surface area (Å²) in [6, 6.07) is 9.71. The number of aliphatic hydroxyl groups excluding tert-OH is 1. The van der Waals surface area contributed by atoms with Gasteiger partial charge in [0, 0.05) is 11.6 Å². The minimum atomic E-state index is -0.393. The number of carbonyl (C=O) groups is 1. The molecule has 1 aliphatic carbocycles. The largest absolute Gasteiger partial charge is 0.391 e. The molecule has 0 radical (unpaired) electrons. The molecular weight excluding hydrogens is 322 g/mol. The van der Waals surface area contributed by atoms with Gasteiger partial charge in [0.2, 0.25) is 0 Å². The van der Waals surface area contributed by atoms with Gasteiger partial charge in [0.1, 0.15) is 0 Å². The second-order valence-electron chi connectivity index (χ2n) is 6.02. The topological polar surface area (TPSA) is 74.6 Å². The lowest BCUT2D eigenvalue weighted by atomic mass is 10.1. The molecule has 2 unspecified atom stereocenters. The first-order valence-electron chi connectivity index (χ1n) is 8.00. The predicted molar refractivity (Wildman–Crippen MR) is 96.5 cm³/mol. The Bertz CT molecular complexity index is 862. The number of hydrogen-bond donors (Lipinski definition) is 2. The van der Waals surface area contributed by atoms with Gasteiger partial charge in [0.05, 0.1) is 22.6 Å². The molecule has 24 heavy (non-hydrogen) atoms. The van der Waals surface area contributed by atoms with E-state index in [0.717, 1.165) is 35.7 Å². The van der Waals surface area contributed by atoms with E-state index in [1.54, 1.807) is 6.20 Å². The van der Waals surface area contributed by atoms with Crippen LogP contribution >= 0.6 is 11.8 Å². The molecule has 2 N–H and O–H groups in total. The molecule has 122 valence electrons. The molecule has 0 bridgehead atoms. The number of rotatable bonds is 2. The van der Waals surface area contributed by atoms with Crippen molar-refractivity contribution in [1.29, 1.82) is 0 Å². The summed E-state index contributed by atoms with van der Waals surface area (Å²) in [6.45, 7) is 0. The third-order valence-corrected chi connectivity index (χ3v) is 5.23. The van der Waals surface area contributed by atoms with Crippen molar-refractivity contribution in [3.8, 4) is 0 Å². The summed E-state index contributed by atoms with van der Waals surface area (Å²) in [5.41, 5.74) is 1.89. The summed E-state index contributed by atoms with van der Waals surface area (Å²) in [7, 11) is 0. The summed E-state index contributed by atoms with van der Waals surface area (Å²) in [4.78, 5) is 21.6. The quantitative estimate of drug-likeness (QED) is 0.825. The van der Waals surface area contributed by atoms with Gasteiger partial charge in [-0.3, -0.25) is 14.8 Å². The lowest BCUT2D eigenvalue weighted by Crippen LogP contribution is -2.24. The molecule has 1 aliphatic heterocycles. The van der Waals surface area contributed by atoms with E-state index in [-0.39, 0.29) is 11.9 Å². The normalized spacial score (nSPS) is 27.3. The van der Waals surface area contributed by atoms with Gasteiger partial charge < -0.3 is 10.4 Å². The van der Waals surface area contributed by atoms with E-state index in [4.69, 9.17) is 0 Å². The summed E-state index contributed by atoms with van der Waals surface area (Å²) in [5, 5.41) is 14.3. The van der Waals surface area contributed by atoms with Crippen LogP contribution in [0.5, 0.6) is 0 Å². The number of benzene rings is 1. The maximum atomic E-state index is 12.2. The van der Waals surface area contributed by atoms with Crippen LogP contribution in [0.2, 0.25) is 0 Å². The van der Waals surface area contributed by atoms with Crippen LogP contribution in [0.1, 0.15) is 24.8 Å². The van der Waals surface area contributed by atoms with Crippen molar-refractivity contribution in [2.45, 2.75) is 31.4 Å². The Balaban J connectivity index is 1.57. The van der Waals surface area contributed by atoms with E-state index >= 15 is 0 Å². The highest BCUT2D eigenvalue weighted by Crippen LogP contribution is 2.29. The van der Waals surface area contributed by atoms with Crippen LogP contribution in [-0.4, -0.2) is 33.3 Å². The number of fused-ring (bicyclic) bond motifs is 1. The first-order valence-corrected chi connectivity index (χ1v) is 8.82. The Morgan fingerprint density at radius 3 is 3.08 bits per heavy atom. The van der Waals surface area contributed by atoms with Crippen molar-refractivity contribution in [1.82, 2.24) is 10.3 Å². The fourth-order valence-electron chi connectivity index (χ4n) is 3.05. The molecule has 2 aliphatic rings. The van der Waals surface area contributed by atoms with Gasteiger partial charge in [-0.2, -0.15) is 0 Å². The molecular formula is C18H17N3O2S. The van der Waals surface area contributed by atoms with Crippen molar-refractivity contribution in [3.05, 3.63) is 47.0 Å². The minimum Gasteiger partial charge on any atom is -0.391 e. The number of aromatic nitrogens is 1. The predicted octanol–water partition coefficient (Wildman–Crippen LogP) is 2.71. The van der Waals surface area contributed by atoms with E-state index in [1.807, 2.05) is 36.4 Å². The van der Waals surface area contributed by atoms with Crippen LogP contribution in [0, 0.1) is 0 Å². The van der Waals surface area contributed by atoms with E-state index in [9.17, 15) is 9.90 Å². The second kappa shape index (κ2) is 6.37. The van der Waals surface area contributed by atoms with Gasteiger partial charge in [0.15, 0.2) is 5.17 Å². The van der Waals surface area contributed by atoms with Gasteiger partial charge in [-0.25, -0.2) is 0 Å². The molecule has 1 saturated heterocycles. The van der Waals surface area contributed by atoms with Crippen LogP contribution < -0.4 is 5.32 Å². The zero-order chi connectivity index (χ0) is 16.5. The number of hydrogen-bond acceptors (Lipinski definition) is 5. The average molecular weight is 339 g/mol. The summed E-state index contributed by atoms with van der Waals surface area (Å²) < 4.78 is 0. The molecule has 1 aromatic carbocycles. The van der Waals surface area contributed by atoms with Crippen LogP contribution in [-0.2, 0) is 4.79 Å². The van der Waals surface area contributed by atoms with Gasteiger partial charge in [-0.15, -0.1) is 0 Å². The maximum Gasteiger partial charge on any atom is 0.264 e. The highest BCUT2D eigenvalue weighted by molar-refractivity contribution is 8.18. The Morgan fingerprint density at radius 2 is 2.25 bits per heavy atom. The van der Waals surface area contributed by atoms with Crippen molar-refractivity contribution in [2.24, 2.45) is 4.99 Å². The summed E-state index contributed by atoms with van der Waals surface area (Å²) in [6.07, 6.45) is 5.87. The lowest BCUT2D eigenvalue weighted by molar-refractivity contribution is -0.115. The molecule has 2 heterocycles. The van der Waals surface area contributed by atoms with E-state index in [2.05, 4.69) is 15.3 Å². The number of thioether (sulfide) groups is 1. The van der Waals surface area contributed by atoms with E-state index in [0.29, 0.717) is 10.1 Å². The van der Waals surface area contributed by atoms with Crippen molar-refractivity contribution < 1.29 is 9.90 Å². The third-order valence-electron chi connectivity index (χ3n) is 4.30. The zero-order valence-electron chi connectivity index (χ0n) is 13.0. The standard InChI is InChI=1S/C18H17N3O2S/c22-15-5-1-4-14(15)20-18-21-17(23)16(24-18)10-11-6-7-13-12(9-11)3-2-8-19-13/h2-3,6-10,14-15,22H,1,4-5H2,(H,20,21,23)/b16-10-. The maximum absolute atomic E-state index is 12.2. The number of pyridine rings is 1. The van der Waals surface area contributed by atoms with E-state index < -0.39 is 6.10 Å². The number of aliphatic hydroxyl groups is 1. The first-order chi connectivity index (χ1) is 11.7. The van der Waals surface area contributed by atoms with E-state index in [1.165, 1.54) is 11.8 Å². The number of carbonyl (C=O) groups excluding carboxylic acids is 1. The smallest absolute Gasteiger partial charge is 0.264 e. The fourth-order valence-corrected chi connectivity index (χ4v) is 3.92. The zero-order valence-corrected chi connectivity index (χ0v) is 13.8. The number of nitrogens with one attached hydrogen (secondary N) is 1.